The summed E-state index contributed by atoms with van der Waals surface area (Å²) in [6.45, 7) is 0.649. The Hall–Kier alpha value is -2.34. The van der Waals surface area contributed by atoms with Crippen molar-refractivity contribution in [3.05, 3.63) is 30.0 Å². The maximum atomic E-state index is 12.8. The third kappa shape index (κ3) is 2.13. The number of aromatic amines is 1. The lowest BCUT2D eigenvalue weighted by atomic mass is 9.82. The van der Waals surface area contributed by atoms with E-state index in [1.165, 1.54) is 6.20 Å². The van der Waals surface area contributed by atoms with Crippen molar-refractivity contribution in [2.75, 3.05) is 11.9 Å². The Labute approximate surface area is 132 Å². The summed E-state index contributed by atoms with van der Waals surface area (Å²) in [4.78, 5) is 26.8. The predicted octanol–water partition coefficient (Wildman–Crippen LogP) is 2.76. The van der Waals surface area contributed by atoms with Gasteiger partial charge in [0.1, 0.15) is 0 Å². The fraction of sp³-hybridized carbons (Fsp3) is 0.412. The first-order valence-corrected chi connectivity index (χ1v) is 7.88. The van der Waals surface area contributed by atoms with Gasteiger partial charge in [-0.25, -0.2) is 4.79 Å². The fourth-order valence-electron chi connectivity index (χ4n) is 3.96. The fourth-order valence-corrected chi connectivity index (χ4v) is 3.96. The topological polar surface area (TPSA) is 91.4 Å². The van der Waals surface area contributed by atoms with Crippen molar-refractivity contribution >= 4 is 28.5 Å². The number of rotatable bonds is 3. The average molecular weight is 314 g/mol. The van der Waals surface area contributed by atoms with Crippen molar-refractivity contribution < 1.29 is 19.4 Å². The zero-order valence-corrected chi connectivity index (χ0v) is 12.6. The van der Waals surface area contributed by atoms with Gasteiger partial charge in [-0.3, -0.25) is 4.79 Å². The molecule has 1 saturated heterocycles. The first kappa shape index (κ1) is 14.3. The van der Waals surface area contributed by atoms with E-state index in [-0.39, 0.29) is 17.6 Å². The summed E-state index contributed by atoms with van der Waals surface area (Å²) in [5, 5.41) is 12.8. The third-order valence-electron chi connectivity index (χ3n) is 5.19. The highest BCUT2D eigenvalue weighted by Gasteiger charge is 2.52. The molecule has 1 saturated carbocycles. The Morgan fingerprint density at radius 3 is 3.04 bits per heavy atom. The van der Waals surface area contributed by atoms with Crippen molar-refractivity contribution in [1.82, 2.24) is 4.98 Å². The number of carbonyl (C=O) groups is 2. The molecule has 1 aromatic heterocycles. The molecule has 0 spiro atoms. The van der Waals surface area contributed by atoms with Gasteiger partial charge >= 0.3 is 5.97 Å². The minimum absolute atomic E-state index is 0.0156. The molecule has 1 aliphatic carbocycles. The van der Waals surface area contributed by atoms with Crippen molar-refractivity contribution in [3.8, 4) is 0 Å². The number of anilines is 1. The molecule has 0 radical (unpaired) electrons. The number of fused-ring (bicyclic) bond motifs is 2. The van der Waals surface area contributed by atoms with E-state index in [4.69, 9.17) is 9.84 Å². The molecule has 4 rings (SSSR count). The SMILES string of the molecule is O=C(O)c1c[nH]c2cc(NC(=O)[C@]34CCC[C@H]3OCC4)ccc12. The number of carboxylic acid groups (broad SMARTS) is 1. The summed E-state index contributed by atoms with van der Waals surface area (Å²) in [6, 6.07) is 5.24. The molecule has 2 heterocycles. The van der Waals surface area contributed by atoms with Gasteiger partial charge in [0.05, 0.1) is 17.1 Å². The van der Waals surface area contributed by atoms with Gasteiger partial charge in [0.15, 0.2) is 0 Å². The van der Waals surface area contributed by atoms with E-state index in [1.807, 2.05) is 0 Å². The molecule has 1 aromatic carbocycles. The zero-order chi connectivity index (χ0) is 16.0. The molecule has 6 nitrogen and oxygen atoms in total. The first-order chi connectivity index (χ1) is 11.1. The lowest BCUT2D eigenvalue weighted by Gasteiger charge is -2.26. The number of amides is 1. The molecule has 23 heavy (non-hydrogen) atoms. The van der Waals surface area contributed by atoms with Gasteiger partial charge in [0.2, 0.25) is 5.91 Å². The third-order valence-corrected chi connectivity index (χ3v) is 5.19. The molecular weight excluding hydrogens is 296 g/mol. The maximum Gasteiger partial charge on any atom is 0.337 e. The van der Waals surface area contributed by atoms with E-state index in [9.17, 15) is 9.59 Å². The molecule has 2 aromatic rings. The second-order valence-electron chi connectivity index (χ2n) is 6.38. The molecule has 0 bridgehead atoms. The van der Waals surface area contributed by atoms with Crippen LogP contribution in [0.4, 0.5) is 5.69 Å². The van der Waals surface area contributed by atoms with Gasteiger partial charge in [-0.15, -0.1) is 0 Å². The van der Waals surface area contributed by atoms with Crippen LogP contribution in [0.1, 0.15) is 36.0 Å². The first-order valence-electron chi connectivity index (χ1n) is 7.88. The summed E-state index contributed by atoms with van der Waals surface area (Å²) in [5.74, 6) is -0.953. The molecule has 1 amide bonds. The number of aromatic carboxylic acids is 1. The normalized spacial score (nSPS) is 26.3. The zero-order valence-electron chi connectivity index (χ0n) is 12.6. The molecule has 1 aliphatic heterocycles. The molecule has 120 valence electrons. The van der Waals surface area contributed by atoms with E-state index < -0.39 is 11.4 Å². The largest absolute Gasteiger partial charge is 0.478 e. The molecule has 2 aliphatic rings. The number of aromatic nitrogens is 1. The van der Waals surface area contributed by atoms with Crippen LogP contribution >= 0.6 is 0 Å². The van der Waals surface area contributed by atoms with E-state index in [2.05, 4.69) is 10.3 Å². The van der Waals surface area contributed by atoms with Gasteiger partial charge in [0, 0.05) is 29.4 Å². The van der Waals surface area contributed by atoms with Crippen LogP contribution < -0.4 is 5.32 Å². The van der Waals surface area contributed by atoms with Crippen LogP contribution in [0.15, 0.2) is 24.4 Å². The number of carboxylic acids is 1. The van der Waals surface area contributed by atoms with Crippen LogP contribution in [0.3, 0.4) is 0 Å². The monoisotopic (exact) mass is 314 g/mol. The second-order valence-corrected chi connectivity index (χ2v) is 6.38. The Balaban J connectivity index is 1.60. The van der Waals surface area contributed by atoms with Crippen LogP contribution in [-0.4, -0.2) is 34.7 Å². The minimum Gasteiger partial charge on any atom is -0.478 e. The molecule has 2 atom stereocenters. The van der Waals surface area contributed by atoms with E-state index in [0.29, 0.717) is 23.2 Å². The summed E-state index contributed by atoms with van der Waals surface area (Å²) < 4.78 is 5.71. The van der Waals surface area contributed by atoms with Gasteiger partial charge in [-0.1, -0.05) is 0 Å². The van der Waals surface area contributed by atoms with E-state index >= 15 is 0 Å². The highest BCUT2D eigenvalue weighted by Crippen LogP contribution is 2.48. The van der Waals surface area contributed by atoms with Crippen LogP contribution in [0.25, 0.3) is 10.9 Å². The lowest BCUT2D eigenvalue weighted by molar-refractivity contribution is -0.127. The van der Waals surface area contributed by atoms with Crippen LogP contribution in [0.5, 0.6) is 0 Å². The molecule has 6 heteroatoms. The van der Waals surface area contributed by atoms with Gasteiger partial charge in [-0.2, -0.15) is 0 Å². The summed E-state index contributed by atoms with van der Waals surface area (Å²) >= 11 is 0. The quantitative estimate of drug-likeness (QED) is 0.812. The van der Waals surface area contributed by atoms with Crippen molar-refractivity contribution in [3.63, 3.8) is 0 Å². The molecule has 0 unspecified atom stereocenters. The Morgan fingerprint density at radius 2 is 2.22 bits per heavy atom. The predicted molar refractivity (Wildman–Crippen MR) is 84.5 cm³/mol. The van der Waals surface area contributed by atoms with Crippen LogP contribution in [0.2, 0.25) is 0 Å². The number of hydrogen-bond donors (Lipinski definition) is 3. The maximum absolute atomic E-state index is 12.8. The highest BCUT2D eigenvalue weighted by atomic mass is 16.5. The molecule has 2 fully saturated rings. The Kier molecular flexibility index (Phi) is 3.16. The van der Waals surface area contributed by atoms with E-state index in [0.717, 1.165) is 25.7 Å². The minimum atomic E-state index is -0.969. The number of carbonyl (C=O) groups excluding carboxylic acids is 1. The van der Waals surface area contributed by atoms with Crippen LogP contribution in [0, 0.1) is 5.41 Å². The van der Waals surface area contributed by atoms with Gasteiger partial charge in [0.25, 0.3) is 0 Å². The average Bonchev–Trinajstić information content (AvgIpc) is 3.19. The second kappa shape index (κ2) is 5.09. The standard InChI is InChI=1S/C17H18N2O4/c20-15(21)12-9-18-13-8-10(3-4-11(12)13)19-16(22)17-5-1-2-14(17)23-7-6-17/h3-4,8-9,14,18H,1-2,5-7H2,(H,19,22)(H,20,21)/t14-,17+/m1/s1. The Bertz CT molecular complexity index is 785. The molecular formula is C17H18N2O4. The highest BCUT2D eigenvalue weighted by molar-refractivity contribution is 6.05. The van der Waals surface area contributed by atoms with Crippen molar-refractivity contribution in [2.45, 2.75) is 31.8 Å². The van der Waals surface area contributed by atoms with Crippen molar-refractivity contribution in [2.24, 2.45) is 5.41 Å². The summed E-state index contributed by atoms with van der Waals surface area (Å²) in [6.07, 6.45) is 5.13. The number of H-pyrrole nitrogens is 1. The van der Waals surface area contributed by atoms with Crippen LogP contribution in [-0.2, 0) is 9.53 Å². The smallest absolute Gasteiger partial charge is 0.337 e. The lowest BCUT2D eigenvalue weighted by Crippen LogP contribution is -2.39. The van der Waals surface area contributed by atoms with E-state index in [1.54, 1.807) is 18.2 Å². The summed E-state index contributed by atoms with van der Waals surface area (Å²) in [7, 11) is 0. The number of nitrogens with one attached hydrogen (secondary N) is 2. The van der Waals surface area contributed by atoms with Gasteiger partial charge in [-0.05, 0) is 43.9 Å². The number of ether oxygens (including phenoxy) is 1. The van der Waals surface area contributed by atoms with Gasteiger partial charge < -0.3 is 20.1 Å². The number of benzene rings is 1. The number of hydrogen-bond acceptors (Lipinski definition) is 3. The summed E-state index contributed by atoms with van der Waals surface area (Å²) in [5.41, 5.74) is 1.21. The Morgan fingerprint density at radius 1 is 1.35 bits per heavy atom. The molecule has 3 N–H and O–H groups in total. The van der Waals surface area contributed by atoms with Crippen molar-refractivity contribution in [1.29, 1.82) is 0 Å².